The molecular weight excluding hydrogens is 302 g/mol. The molecule has 1 atom stereocenters. The first kappa shape index (κ1) is 16.4. The molecule has 2 N–H and O–H groups in total. The van der Waals surface area contributed by atoms with E-state index in [-0.39, 0.29) is 5.91 Å². The van der Waals surface area contributed by atoms with Gasteiger partial charge < -0.3 is 10.4 Å². The Morgan fingerprint density at radius 2 is 2.00 bits per heavy atom. The van der Waals surface area contributed by atoms with Crippen molar-refractivity contribution in [2.45, 2.75) is 26.4 Å². The van der Waals surface area contributed by atoms with Crippen LogP contribution in [0.1, 0.15) is 40.0 Å². The summed E-state index contributed by atoms with van der Waals surface area (Å²) in [5.74, 6) is 0.295. The maximum absolute atomic E-state index is 12.1. The summed E-state index contributed by atoms with van der Waals surface area (Å²) < 4.78 is 0. The van der Waals surface area contributed by atoms with Crippen LogP contribution in [0.4, 0.5) is 0 Å². The van der Waals surface area contributed by atoms with Crippen molar-refractivity contribution in [3.63, 3.8) is 0 Å². The van der Waals surface area contributed by atoms with E-state index in [2.05, 4.69) is 15.3 Å². The highest BCUT2D eigenvalue weighted by Crippen LogP contribution is 2.18. The average molecular weight is 320 g/mol. The van der Waals surface area contributed by atoms with Gasteiger partial charge in [0.25, 0.3) is 5.91 Å². The van der Waals surface area contributed by atoms with E-state index in [1.54, 1.807) is 44.3 Å². The van der Waals surface area contributed by atoms with Crippen molar-refractivity contribution >= 4 is 17.5 Å². The van der Waals surface area contributed by atoms with Crippen LogP contribution in [-0.2, 0) is 0 Å². The van der Waals surface area contributed by atoms with E-state index in [4.69, 9.17) is 11.6 Å². The van der Waals surface area contributed by atoms with Gasteiger partial charge in [0.2, 0.25) is 0 Å². The third-order valence-electron chi connectivity index (χ3n) is 3.27. The van der Waals surface area contributed by atoms with Crippen LogP contribution in [0.25, 0.3) is 0 Å². The molecule has 6 heteroatoms. The molecule has 0 saturated carbocycles. The highest BCUT2D eigenvalue weighted by Gasteiger charge is 2.13. The molecule has 116 valence electrons. The molecule has 1 aromatic carbocycles. The SMILES string of the molecule is Cc1ncc(C)c(C(=O)NCC[C@H](O)c2ccc(Cl)cc2)n1. The van der Waals surface area contributed by atoms with E-state index in [1.165, 1.54) is 0 Å². The van der Waals surface area contributed by atoms with Gasteiger partial charge in [0, 0.05) is 17.8 Å². The summed E-state index contributed by atoms with van der Waals surface area (Å²) in [6, 6.07) is 7.00. The Bertz CT molecular complexity index is 659. The van der Waals surface area contributed by atoms with Gasteiger partial charge in [-0.1, -0.05) is 23.7 Å². The summed E-state index contributed by atoms with van der Waals surface area (Å²) in [6.45, 7) is 3.88. The van der Waals surface area contributed by atoms with Gasteiger partial charge in [-0.3, -0.25) is 4.79 Å². The molecule has 1 aromatic heterocycles. The van der Waals surface area contributed by atoms with Gasteiger partial charge in [0.1, 0.15) is 11.5 Å². The molecule has 0 saturated heterocycles. The number of rotatable bonds is 5. The van der Waals surface area contributed by atoms with Crippen LogP contribution >= 0.6 is 11.6 Å². The summed E-state index contributed by atoms with van der Waals surface area (Å²) in [5.41, 5.74) is 1.86. The van der Waals surface area contributed by atoms with Gasteiger partial charge >= 0.3 is 0 Å². The van der Waals surface area contributed by atoms with E-state index in [1.807, 2.05) is 0 Å². The second kappa shape index (κ2) is 7.33. The Hall–Kier alpha value is -1.98. The third-order valence-corrected chi connectivity index (χ3v) is 3.52. The fraction of sp³-hybridized carbons (Fsp3) is 0.312. The minimum Gasteiger partial charge on any atom is -0.388 e. The molecular formula is C16H18ClN3O2. The number of carbonyl (C=O) groups is 1. The molecule has 0 unspecified atom stereocenters. The Morgan fingerprint density at radius 3 is 2.68 bits per heavy atom. The fourth-order valence-electron chi connectivity index (χ4n) is 2.02. The van der Waals surface area contributed by atoms with Crippen LogP contribution in [0.15, 0.2) is 30.5 Å². The lowest BCUT2D eigenvalue weighted by Gasteiger charge is -2.12. The van der Waals surface area contributed by atoms with Gasteiger partial charge in [0.15, 0.2) is 0 Å². The smallest absolute Gasteiger partial charge is 0.270 e. The molecule has 1 amide bonds. The number of benzene rings is 1. The molecule has 0 fully saturated rings. The van der Waals surface area contributed by atoms with Crippen molar-refractivity contribution in [3.8, 4) is 0 Å². The predicted molar refractivity (Wildman–Crippen MR) is 84.9 cm³/mol. The molecule has 2 rings (SSSR count). The lowest BCUT2D eigenvalue weighted by atomic mass is 10.1. The van der Waals surface area contributed by atoms with Crippen molar-refractivity contribution in [2.75, 3.05) is 6.54 Å². The normalized spacial score (nSPS) is 12.0. The van der Waals surface area contributed by atoms with E-state index < -0.39 is 6.10 Å². The molecule has 0 aliphatic heterocycles. The van der Waals surface area contributed by atoms with Crippen LogP contribution in [0, 0.1) is 13.8 Å². The molecule has 5 nitrogen and oxygen atoms in total. The minimum absolute atomic E-state index is 0.258. The maximum Gasteiger partial charge on any atom is 0.270 e. The molecule has 22 heavy (non-hydrogen) atoms. The van der Waals surface area contributed by atoms with Crippen molar-refractivity contribution in [1.82, 2.24) is 15.3 Å². The predicted octanol–water partition coefficient (Wildman–Crippen LogP) is 2.60. The van der Waals surface area contributed by atoms with Gasteiger partial charge in [0.05, 0.1) is 6.10 Å². The fourth-order valence-corrected chi connectivity index (χ4v) is 2.14. The Labute approximate surface area is 134 Å². The van der Waals surface area contributed by atoms with Crippen LogP contribution in [-0.4, -0.2) is 27.5 Å². The topological polar surface area (TPSA) is 75.1 Å². The molecule has 0 aliphatic carbocycles. The van der Waals surface area contributed by atoms with E-state index in [0.29, 0.717) is 29.5 Å². The monoisotopic (exact) mass is 319 g/mol. The number of hydrogen-bond acceptors (Lipinski definition) is 4. The van der Waals surface area contributed by atoms with Crippen molar-refractivity contribution in [3.05, 3.63) is 58.1 Å². The molecule has 0 radical (unpaired) electrons. The number of carbonyl (C=O) groups excluding carboxylic acids is 1. The number of aromatic nitrogens is 2. The summed E-state index contributed by atoms with van der Waals surface area (Å²) >= 11 is 5.81. The number of hydrogen-bond donors (Lipinski definition) is 2. The second-order valence-corrected chi connectivity index (χ2v) is 5.50. The summed E-state index contributed by atoms with van der Waals surface area (Å²) in [7, 11) is 0. The quantitative estimate of drug-likeness (QED) is 0.888. The van der Waals surface area contributed by atoms with E-state index in [0.717, 1.165) is 11.1 Å². The first-order chi connectivity index (χ1) is 10.5. The van der Waals surface area contributed by atoms with Crippen molar-refractivity contribution in [2.24, 2.45) is 0 Å². The summed E-state index contributed by atoms with van der Waals surface area (Å²) in [5, 5.41) is 13.5. The highest BCUT2D eigenvalue weighted by atomic mass is 35.5. The zero-order valence-electron chi connectivity index (χ0n) is 12.5. The lowest BCUT2D eigenvalue weighted by Crippen LogP contribution is -2.27. The van der Waals surface area contributed by atoms with Gasteiger partial charge in [-0.25, -0.2) is 9.97 Å². The van der Waals surface area contributed by atoms with Gasteiger partial charge in [-0.05, 0) is 43.5 Å². The molecule has 0 aliphatic rings. The number of nitrogens with zero attached hydrogens (tertiary/aromatic N) is 2. The van der Waals surface area contributed by atoms with E-state index in [9.17, 15) is 9.90 Å². The van der Waals surface area contributed by atoms with Crippen LogP contribution < -0.4 is 5.32 Å². The highest BCUT2D eigenvalue weighted by molar-refractivity contribution is 6.30. The number of aliphatic hydroxyl groups is 1. The van der Waals surface area contributed by atoms with Gasteiger partial charge in [-0.2, -0.15) is 0 Å². The average Bonchev–Trinajstić information content (AvgIpc) is 2.50. The molecule has 1 heterocycles. The van der Waals surface area contributed by atoms with E-state index >= 15 is 0 Å². The summed E-state index contributed by atoms with van der Waals surface area (Å²) in [4.78, 5) is 20.3. The molecule has 2 aromatic rings. The first-order valence-electron chi connectivity index (χ1n) is 6.99. The minimum atomic E-state index is -0.647. The number of aliphatic hydroxyl groups excluding tert-OH is 1. The number of nitrogens with one attached hydrogen (secondary N) is 1. The number of aryl methyl sites for hydroxylation is 2. The first-order valence-corrected chi connectivity index (χ1v) is 7.37. The molecule has 0 bridgehead atoms. The number of halogens is 1. The Balaban J connectivity index is 1.89. The zero-order valence-corrected chi connectivity index (χ0v) is 13.3. The van der Waals surface area contributed by atoms with Gasteiger partial charge in [-0.15, -0.1) is 0 Å². The van der Waals surface area contributed by atoms with Crippen molar-refractivity contribution in [1.29, 1.82) is 0 Å². The van der Waals surface area contributed by atoms with Crippen LogP contribution in [0.3, 0.4) is 0 Å². The lowest BCUT2D eigenvalue weighted by molar-refractivity contribution is 0.0936. The maximum atomic E-state index is 12.1. The Morgan fingerprint density at radius 1 is 1.32 bits per heavy atom. The third kappa shape index (κ3) is 4.26. The van der Waals surface area contributed by atoms with Crippen molar-refractivity contribution < 1.29 is 9.90 Å². The molecule has 0 spiro atoms. The standard InChI is InChI=1S/C16H18ClN3O2/c1-10-9-19-11(2)20-15(10)16(22)18-8-7-14(21)12-3-5-13(17)6-4-12/h3-6,9,14,21H,7-8H2,1-2H3,(H,18,22)/t14-/m0/s1. The van der Waals surface area contributed by atoms with Crippen LogP contribution in [0.2, 0.25) is 5.02 Å². The largest absolute Gasteiger partial charge is 0.388 e. The van der Waals surface area contributed by atoms with Crippen LogP contribution in [0.5, 0.6) is 0 Å². The Kier molecular flexibility index (Phi) is 5.46. The summed E-state index contributed by atoms with van der Waals surface area (Å²) in [6.07, 6.45) is 1.39. The second-order valence-electron chi connectivity index (χ2n) is 5.06. The number of amides is 1. The zero-order chi connectivity index (χ0) is 16.1.